The van der Waals surface area contributed by atoms with E-state index in [-0.39, 0.29) is 22.4 Å². The highest BCUT2D eigenvalue weighted by atomic mass is 32.2. The molecule has 8 heteroatoms. The second-order valence-electron chi connectivity index (χ2n) is 6.35. The summed E-state index contributed by atoms with van der Waals surface area (Å²) >= 11 is 0. The van der Waals surface area contributed by atoms with Gasteiger partial charge in [-0.25, -0.2) is 17.5 Å². The summed E-state index contributed by atoms with van der Waals surface area (Å²) in [6.45, 7) is 1.52. The number of hydrogen-bond acceptors (Lipinski definition) is 5. The van der Waals surface area contributed by atoms with Gasteiger partial charge in [0.15, 0.2) is 6.10 Å². The Labute approximate surface area is 148 Å². The predicted octanol–water partition coefficient (Wildman–Crippen LogP) is 1.54. The standard InChI is InChI=1S/C17H24N2O5S/c1-12(16(20)18-14-6-4-5-7-14)24-17(21)13-8-10-15(11-9-13)25(22,23)19(2)3/h8-12,14H,4-7H2,1-3H3,(H,18,20). The molecule has 0 bridgehead atoms. The van der Waals surface area contributed by atoms with Crippen LogP contribution in [0.5, 0.6) is 0 Å². The molecule has 0 spiro atoms. The van der Waals surface area contributed by atoms with Crippen LogP contribution in [-0.4, -0.2) is 50.8 Å². The molecule has 7 nitrogen and oxygen atoms in total. The molecule has 1 fully saturated rings. The zero-order valence-corrected chi connectivity index (χ0v) is 15.5. The Morgan fingerprint density at radius 1 is 1.16 bits per heavy atom. The number of benzene rings is 1. The maximum atomic E-state index is 12.1. The average molecular weight is 368 g/mol. The first kappa shape index (κ1) is 19.4. The number of carbonyl (C=O) groups excluding carboxylic acids is 2. The van der Waals surface area contributed by atoms with E-state index in [9.17, 15) is 18.0 Å². The zero-order valence-electron chi connectivity index (χ0n) is 14.7. The minimum absolute atomic E-state index is 0.0843. The Morgan fingerprint density at radius 3 is 2.24 bits per heavy atom. The van der Waals surface area contributed by atoms with E-state index in [0.29, 0.717) is 0 Å². The van der Waals surface area contributed by atoms with E-state index in [0.717, 1.165) is 30.0 Å². The average Bonchev–Trinajstić information content (AvgIpc) is 3.07. The molecule has 1 saturated carbocycles. The van der Waals surface area contributed by atoms with Crippen molar-refractivity contribution < 1.29 is 22.7 Å². The summed E-state index contributed by atoms with van der Waals surface area (Å²) in [6, 6.07) is 5.59. The lowest BCUT2D eigenvalue weighted by Crippen LogP contribution is -2.40. The largest absolute Gasteiger partial charge is 0.449 e. The SMILES string of the molecule is CC(OC(=O)c1ccc(S(=O)(=O)N(C)C)cc1)C(=O)NC1CCCC1. The predicted molar refractivity (Wildman–Crippen MR) is 92.6 cm³/mol. The molecule has 1 amide bonds. The summed E-state index contributed by atoms with van der Waals surface area (Å²) < 4.78 is 30.3. The lowest BCUT2D eigenvalue weighted by Gasteiger charge is -2.17. The number of esters is 1. The van der Waals surface area contributed by atoms with E-state index in [1.165, 1.54) is 45.3 Å². The van der Waals surface area contributed by atoms with Crippen molar-refractivity contribution in [2.45, 2.75) is 49.6 Å². The third-order valence-corrected chi connectivity index (χ3v) is 6.05. The van der Waals surface area contributed by atoms with E-state index in [1.807, 2.05) is 0 Å². The lowest BCUT2D eigenvalue weighted by atomic mass is 10.2. The van der Waals surface area contributed by atoms with Gasteiger partial charge >= 0.3 is 5.97 Å². The van der Waals surface area contributed by atoms with Gasteiger partial charge in [-0.3, -0.25) is 4.79 Å². The van der Waals surface area contributed by atoms with Crippen LogP contribution in [0.25, 0.3) is 0 Å². The van der Waals surface area contributed by atoms with Gasteiger partial charge in [0.2, 0.25) is 10.0 Å². The van der Waals surface area contributed by atoms with Crippen LogP contribution in [0.1, 0.15) is 43.0 Å². The Bertz CT molecular complexity index is 722. The first-order valence-corrected chi connectivity index (χ1v) is 9.70. The molecule has 1 unspecified atom stereocenters. The smallest absolute Gasteiger partial charge is 0.338 e. The first-order valence-electron chi connectivity index (χ1n) is 8.26. The van der Waals surface area contributed by atoms with Crippen molar-refractivity contribution in [1.29, 1.82) is 0 Å². The molecule has 1 atom stereocenters. The summed E-state index contributed by atoms with van der Waals surface area (Å²) in [4.78, 5) is 24.3. The third kappa shape index (κ3) is 4.79. The molecular weight excluding hydrogens is 344 g/mol. The van der Waals surface area contributed by atoms with Gasteiger partial charge in [0.1, 0.15) is 0 Å². The number of carbonyl (C=O) groups is 2. The molecule has 0 saturated heterocycles. The summed E-state index contributed by atoms with van der Waals surface area (Å²) in [6.07, 6.45) is 3.20. The summed E-state index contributed by atoms with van der Waals surface area (Å²) in [5.41, 5.74) is 0.193. The highest BCUT2D eigenvalue weighted by Crippen LogP contribution is 2.18. The highest BCUT2D eigenvalue weighted by Gasteiger charge is 2.24. The molecule has 1 aromatic rings. The second-order valence-corrected chi connectivity index (χ2v) is 8.50. The molecule has 1 aliphatic carbocycles. The lowest BCUT2D eigenvalue weighted by molar-refractivity contribution is -0.129. The Morgan fingerprint density at radius 2 is 1.72 bits per heavy atom. The van der Waals surface area contributed by atoms with Crippen molar-refractivity contribution in [1.82, 2.24) is 9.62 Å². The number of amides is 1. The quantitative estimate of drug-likeness (QED) is 0.769. The summed E-state index contributed by atoms with van der Waals surface area (Å²) in [7, 11) is -0.687. The molecule has 2 rings (SSSR count). The summed E-state index contributed by atoms with van der Waals surface area (Å²) in [5, 5.41) is 2.88. The van der Waals surface area contributed by atoms with Crippen LogP contribution < -0.4 is 5.32 Å². The molecule has 25 heavy (non-hydrogen) atoms. The number of hydrogen-bond donors (Lipinski definition) is 1. The Hall–Kier alpha value is -1.93. The van der Waals surface area contributed by atoms with Crippen molar-refractivity contribution in [3.05, 3.63) is 29.8 Å². The first-order chi connectivity index (χ1) is 11.7. The molecule has 0 heterocycles. The van der Waals surface area contributed by atoms with Gasteiger partial charge in [-0.05, 0) is 44.0 Å². The maximum Gasteiger partial charge on any atom is 0.338 e. The van der Waals surface area contributed by atoms with Gasteiger partial charge in [-0.15, -0.1) is 0 Å². The van der Waals surface area contributed by atoms with Crippen LogP contribution in [-0.2, 0) is 19.6 Å². The van der Waals surface area contributed by atoms with Crippen molar-refractivity contribution in [3.8, 4) is 0 Å². The van der Waals surface area contributed by atoms with E-state index in [2.05, 4.69) is 5.32 Å². The normalized spacial score (nSPS) is 16.6. The monoisotopic (exact) mass is 368 g/mol. The van der Waals surface area contributed by atoms with Crippen LogP contribution in [0.3, 0.4) is 0 Å². The molecule has 0 aromatic heterocycles. The van der Waals surface area contributed by atoms with Crippen LogP contribution >= 0.6 is 0 Å². The Kier molecular flexibility index (Phi) is 6.18. The number of ether oxygens (including phenoxy) is 1. The molecule has 1 aliphatic rings. The van der Waals surface area contributed by atoms with Gasteiger partial charge in [0.05, 0.1) is 10.5 Å². The van der Waals surface area contributed by atoms with Gasteiger partial charge in [0, 0.05) is 20.1 Å². The van der Waals surface area contributed by atoms with Crippen molar-refractivity contribution in [2.75, 3.05) is 14.1 Å². The van der Waals surface area contributed by atoms with Gasteiger partial charge in [-0.1, -0.05) is 12.8 Å². The minimum Gasteiger partial charge on any atom is -0.449 e. The zero-order chi connectivity index (χ0) is 18.6. The second kappa shape index (κ2) is 7.97. The fourth-order valence-electron chi connectivity index (χ4n) is 2.64. The van der Waals surface area contributed by atoms with E-state index in [1.54, 1.807) is 0 Å². The van der Waals surface area contributed by atoms with E-state index >= 15 is 0 Å². The molecule has 1 N–H and O–H groups in total. The third-order valence-electron chi connectivity index (χ3n) is 4.22. The van der Waals surface area contributed by atoms with Crippen LogP contribution in [0.15, 0.2) is 29.2 Å². The minimum atomic E-state index is -3.55. The Balaban J connectivity index is 1.97. The fourth-order valence-corrected chi connectivity index (χ4v) is 3.55. The van der Waals surface area contributed by atoms with Crippen LogP contribution in [0.2, 0.25) is 0 Å². The van der Waals surface area contributed by atoms with Gasteiger partial charge in [0.25, 0.3) is 5.91 Å². The summed E-state index contributed by atoms with van der Waals surface area (Å²) in [5.74, 6) is -0.977. The van der Waals surface area contributed by atoms with Crippen molar-refractivity contribution in [3.63, 3.8) is 0 Å². The van der Waals surface area contributed by atoms with E-state index < -0.39 is 22.1 Å². The number of nitrogens with zero attached hydrogens (tertiary/aromatic N) is 1. The molecule has 0 radical (unpaired) electrons. The maximum absolute atomic E-state index is 12.1. The molecule has 1 aromatic carbocycles. The number of rotatable bonds is 6. The fraction of sp³-hybridized carbons (Fsp3) is 0.529. The highest BCUT2D eigenvalue weighted by molar-refractivity contribution is 7.89. The van der Waals surface area contributed by atoms with E-state index in [4.69, 9.17) is 4.74 Å². The van der Waals surface area contributed by atoms with Gasteiger partial charge < -0.3 is 10.1 Å². The molecular formula is C17H24N2O5S. The molecule has 0 aliphatic heterocycles. The topological polar surface area (TPSA) is 92.8 Å². The van der Waals surface area contributed by atoms with Crippen molar-refractivity contribution >= 4 is 21.9 Å². The van der Waals surface area contributed by atoms with Crippen LogP contribution in [0, 0.1) is 0 Å². The van der Waals surface area contributed by atoms with Gasteiger partial charge in [-0.2, -0.15) is 0 Å². The number of sulfonamides is 1. The van der Waals surface area contributed by atoms with Crippen molar-refractivity contribution in [2.24, 2.45) is 0 Å². The van der Waals surface area contributed by atoms with Crippen LogP contribution in [0.4, 0.5) is 0 Å². The number of nitrogens with one attached hydrogen (secondary N) is 1. The molecule has 138 valence electrons.